The number of carbonyl (C=O) groups is 1. The van der Waals surface area contributed by atoms with Crippen molar-refractivity contribution in [2.75, 3.05) is 5.75 Å². The molecule has 26 heavy (non-hydrogen) atoms. The molecule has 1 aromatic carbocycles. The summed E-state index contributed by atoms with van der Waals surface area (Å²) < 4.78 is 6.68. The monoisotopic (exact) mass is 432 g/mol. The number of hydrogen-bond donors (Lipinski definition) is 1. The second-order valence-corrected chi connectivity index (χ2v) is 8.01. The van der Waals surface area contributed by atoms with Crippen molar-refractivity contribution in [1.82, 2.24) is 10.3 Å². The van der Waals surface area contributed by atoms with Crippen LogP contribution in [0.15, 0.2) is 49.3 Å². The molecule has 0 saturated carbocycles. The van der Waals surface area contributed by atoms with Crippen molar-refractivity contribution < 1.29 is 9.21 Å². The number of nitrogens with one attached hydrogen (secondary N) is 1. The van der Waals surface area contributed by atoms with Gasteiger partial charge in [0.25, 0.3) is 5.91 Å². The molecular weight excluding hydrogens is 416 g/mol. The minimum atomic E-state index is -0.504. The minimum absolute atomic E-state index is 0.180. The van der Waals surface area contributed by atoms with Crippen LogP contribution in [0.3, 0.4) is 0 Å². The molecular formula is C18H17BrN4O2S. The number of halogens is 1. The fourth-order valence-corrected chi connectivity index (χ4v) is 3.96. The van der Waals surface area contributed by atoms with Crippen LogP contribution in [0.5, 0.6) is 0 Å². The van der Waals surface area contributed by atoms with E-state index in [1.807, 2.05) is 37.3 Å². The van der Waals surface area contributed by atoms with E-state index in [1.54, 1.807) is 5.01 Å². The Morgan fingerprint density at radius 1 is 1.35 bits per heavy atom. The lowest BCUT2D eigenvalue weighted by Crippen LogP contribution is -2.50. The van der Waals surface area contributed by atoms with E-state index in [4.69, 9.17) is 9.41 Å². The van der Waals surface area contributed by atoms with E-state index in [-0.39, 0.29) is 5.91 Å². The molecule has 0 saturated heterocycles. The molecule has 0 bridgehead atoms. The molecule has 0 radical (unpaired) electrons. The predicted molar refractivity (Wildman–Crippen MR) is 105 cm³/mol. The van der Waals surface area contributed by atoms with Gasteiger partial charge in [-0.05, 0) is 43.7 Å². The van der Waals surface area contributed by atoms with Crippen molar-refractivity contribution in [3.8, 4) is 0 Å². The number of benzene rings is 1. The first kappa shape index (κ1) is 17.4. The van der Waals surface area contributed by atoms with Gasteiger partial charge in [0.05, 0.1) is 5.36 Å². The molecule has 3 heterocycles. The van der Waals surface area contributed by atoms with E-state index in [1.165, 1.54) is 11.8 Å². The van der Waals surface area contributed by atoms with Gasteiger partial charge in [-0.15, -0.1) is 5.10 Å². The van der Waals surface area contributed by atoms with Gasteiger partial charge in [-0.3, -0.25) is 10.1 Å². The van der Waals surface area contributed by atoms with E-state index in [2.05, 4.69) is 33.3 Å². The fraction of sp³-hybridized carbons (Fsp3) is 0.278. The van der Waals surface area contributed by atoms with Crippen LogP contribution in [0.25, 0.3) is 5.70 Å². The van der Waals surface area contributed by atoms with Gasteiger partial charge in [-0.25, -0.2) is 10.0 Å². The van der Waals surface area contributed by atoms with Crippen LogP contribution in [-0.4, -0.2) is 21.8 Å². The molecule has 4 rings (SSSR count). The van der Waals surface area contributed by atoms with Crippen molar-refractivity contribution in [2.24, 2.45) is 10.1 Å². The lowest BCUT2D eigenvalue weighted by Gasteiger charge is -2.32. The normalized spacial score (nSPS) is 18.7. The number of amides is 1. The van der Waals surface area contributed by atoms with E-state index in [0.29, 0.717) is 16.6 Å². The summed E-state index contributed by atoms with van der Waals surface area (Å²) in [5.74, 6) is 2.16. The molecule has 1 unspecified atom stereocenters. The molecule has 2 aliphatic rings. The maximum absolute atomic E-state index is 12.9. The number of carbonyl (C=O) groups excluding carboxylic acids is 1. The average molecular weight is 433 g/mol. The Kier molecular flexibility index (Phi) is 4.62. The highest BCUT2D eigenvalue weighted by Gasteiger charge is 2.35. The molecule has 1 amide bonds. The first-order chi connectivity index (χ1) is 12.6. The van der Waals surface area contributed by atoms with Crippen LogP contribution in [0.4, 0.5) is 0 Å². The highest BCUT2D eigenvalue weighted by molar-refractivity contribution is 9.10. The van der Waals surface area contributed by atoms with Crippen molar-refractivity contribution in [3.63, 3.8) is 0 Å². The summed E-state index contributed by atoms with van der Waals surface area (Å²) in [5, 5.41) is 11.3. The van der Waals surface area contributed by atoms with Crippen LogP contribution in [0.1, 0.15) is 31.0 Å². The number of aryl methyl sites for hydroxylation is 1. The first-order valence-corrected chi connectivity index (χ1v) is 10.1. The quantitative estimate of drug-likeness (QED) is 0.808. The van der Waals surface area contributed by atoms with Gasteiger partial charge >= 0.3 is 0 Å². The molecule has 1 atom stereocenters. The third-order valence-corrected chi connectivity index (χ3v) is 5.59. The topological polar surface area (TPSA) is 70.2 Å². The number of hydrazone groups is 1. The summed E-state index contributed by atoms with van der Waals surface area (Å²) in [7, 11) is 0. The Bertz CT molecular complexity index is 1030. The van der Waals surface area contributed by atoms with E-state index in [0.717, 1.165) is 33.0 Å². The van der Waals surface area contributed by atoms with E-state index in [9.17, 15) is 4.79 Å². The Morgan fingerprint density at radius 3 is 2.92 bits per heavy atom. The van der Waals surface area contributed by atoms with Gasteiger partial charge in [0.2, 0.25) is 6.17 Å². The van der Waals surface area contributed by atoms with Crippen molar-refractivity contribution >= 4 is 44.5 Å². The lowest BCUT2D eigenvalue weighted by atomic mass is 10.1. The lowest BCUT2D eigenvalue weighted by molar-refractivity contribution is -0.116. The second-order valence-electron chi connectivity index (χ2n) is 6.01. The average Bonchev–Trinajstić information content (AvgIpc) is 3.05. The Labute approximate surface area is 163 Å². The Hall–Kier alpha value is -2.06. The highest BCUT2D eigenvalue weighted by Crippen LogP contribution is 2.31. The standard InChI is InChI=1S/C18H17BrN4O2S/c1-3-8-26-18-21-17(24)15-12-9-11(19)5-6-13(12)20-16(23(15)22-18)14-7-4-10(2)25-14/h4-7,9,16H,3,8H2,1-2H3,(H,21,22,24). The fourth-order valence-electron chi connectivity index (χ4n) is 2.89. The van der Waals surface area contributed by atoms with Gasteiger partial charge in [0, 0.05) is 15.4 Å². The Morgan fingerprint density at radius 2 is 2.19 bits per heavy atom. The number of rotatable bonds is 3. The minimum Gasteiger partial charge on any atom is -0.462 e. The molecule has 0 spiro atoms. The molecule has 1 aromatic heterocycles. The molecule has 1 N–H and O–H groups in total. The molecule has 0 fully saturated rings. The van der Waals surface area contributed by atoms with Crippen LogP contribution in [0, 0.1) is 6.92 Å². The third kappa shape index (κ3) is 3.07. The van der Waals surface area contributed by atoms with Crippen molar-refractivity contribution in [1.29, 1.82) is 0 Å². The van der Waals surface area contributed by atoms with E-state index < -0.39 is 6.17 Å². The zero-order chi connectivity index (χ0) is 18.3. The number of fused-ring (bicyclic) bond motifs is 2. The first-order valence-electron chi connectivity index (χ1n) is 8.33. The molecule has 0 aliphatic carbocycles. The van der Waals surface area contributed by atoms with Crippen molar-refractivity contribution in [3.05, 3.63) is 56.9 Å². The molecule has 2 aromatic rings. The highest BCUT2D eigenvalue weighted by atomic mass is 79.9. The summed E-state index contributed by atoms with van der Waals surface area (Å²) in [5.41, 5.74) is 0.483. The van der Waals surface area contributed by atoms with Gasteiger partial charge in [0.15, 0.2) is 10.9 Å². The SMILES string of the molecule is CCCSC1=NN2C(=c3cc(Br)ccc3=NC2c2ccc(C)o2)C(=O)N1. The van der Waals surface area contributed by atoms with Crippen LogP contribution >= 0.6 is 27.7 Å². The zero-order valence-electron chi connectivity index (χ0n) is 14.3. The summed E-state index contributed by atoms with van der Waals surface area (Å²) in [6.07, 6.45) is 0.493. The van der Waals surface area contributed by atoms with E-state index >= 15 is 0 Å². The van der Waals surface area contributed by atoms with Crippen LogP contribution in [0.2, 0.25) is 0 Å². The van der Waals surface area contributed by atoms with Gasteiger partial charge in [-0.1, -0.05) is 34.6 Å². The van der Waals surface area contributed by atoms with Gasteiger partial charge in [0.1, 0.15) is 11.5 Å². The third-order valence-electron chi connectivity index (χ3n) is 4.03. The maximum Gasteiger partial charge on any atom is 0.276 e. The maximum atomic E-state index is 12.9. The molecule has 8 heteroatoms. The predicted octanol–water partition coefficient (Wildman–Crippen LogP) is 2.64. The van der Waals surface area contributed by atoms with Crippen molar-refractivity contribution in [2.45, 2.75) is 26.4 Å². The van der Waals surface area contributed by atoms with Crippen LogP contribution < -0.4 is 15.9 Å². The second kappa shape index (κ2) is 6.92. The number of hydrogen-bond acceptors (Lipinski definition) is 6. The number of furan rings is 1. The number of thioether (sulfide) groups is 1. The van der Waals surface area contributed by atoms with Crippen LogP contribution in [-0.2, 0) is 4.79 Å². The molecule has 2 aliphatic heterocycles. The number of amidine groups is 1. The number of nitrogens with zero attached hydrogens (tertiary/aromatic N) is 3. The zero-order valence-corrected chi connectivity index (χ0v) is 16.7. The van der Waals surface area contributed by atoms with Gasteiger partial charge < -0.3 is 4.42 Å². The summed E-state index contributed by atoms with van der Waals surface area (Å²) in [6, 6.07) is 9.47. The largest absolute Gasteiger partial charge is 0.462 e. The summed E-state index contributed by atoms with van der Waals surface area (Å²) in [4.78, 5) is 17.7. The smallest absolute Gasteiger partial charge is 0.276 e. The van der Waals surface area contributed by atoms with Gasteiger partial charge in [-0.2, -0.15) is 0 Å². The Balaban J connectivity index is 1.92. The molecule has 134 valence electrons. The molecule has 6 nitrogen and oxygen atoms in total. The summed E-state index contributed by atoms with van der Waals surface area (Å²) >= 11 is 5.00. The summed E-state index contributed by atoms with van der Waals surface area (Å²) in [6.45, 7) is 3.98.